The summed E-state index contributed by atoms with van der Waals surface area (Å²) < 4.78 is 1.04. The highest BCUT2D eigenvalue weighted by atomic mass is 79.9. The molecule has 88 valence electrons. The van der Waals surface area contributed by atoms with Crippen molar-refractivity contribution in [2.45, 2.75) is 16.4 Å². The third-order valence-corrected chi connectivity index (χ3v) is 4.62. The number of benzene rings is 2. The van der Waals surface area contributed by atoms with Gasteiger partial charge in [0.15, 0.2) is 0 Å². The zero-order valence-corrected chi connectivity index (χ0v) is 12.0. The van der Waals surface area contributed by atoms with Gasteiger partial charge < -0.3 is 5.11 Å². The number of hydrogen-bond donors (Lipinski definition) is 1. The molecule has 0 spiro atoms. The summed E-state index contributed by atoms with van der Waals surface area (Å²) in [5, 5.41) is 9.97. The number of aliphatic hydroxyl groups excluding tert-OH is 1. The molecule has 1 N–H and O–H groups in total. The monoisotopic (exact) mass is 328 g/mol. The normalized spacial score (nSPS) is 10.5. The van der Waals surface area contributed by atoms with Crippen molar-refractivity contribution < 1.29 is 5.11 Å². The molecule has 0 saturated carbocycles. The second-order valence-electron chi connectivity index (χ2n) is 3.44. The third kappa shape index (κ3) is 3.26. The number of hydrogen-bond acceptors (Lipinski definition) is 2. The molecule has 2 aromatic rings. The van der Waals surface area contributed by atoms with Crippen LogP contribution in [0, 0.1) is 0 Å². The first-order valence-electron chi connectivity index (χ1n) is 5.02. The van der Waals surface area contributed by atoms with E-state index in [0.29, 0.717) is 5.02 Å². The predicted molar refractivity (Wildman–Crippen MR) is 75.6 cm³/mol. The minimum Gasteiger partial charge on any atom is -0.392 e. The van der Waals surface area contributed by atoms with Crippen LogP contribution < -0.4 is 0 Å². The highest BCUT2D eigenvalue weighted by molar-refractivity contribution is 9.10. The summed E-state index contributed by atoms with van der Waals surface area (Å²) in [4.78, 5) is 2.08. The molecular weight excluding hydrogens is 320 g/mol. The average Bonchev–Trinajstić information content (AvgIpc) is 2.32. The van der Waals surface area contributed by atoms with Crippen LogP contribution in [0.4, 0.5) is 0 Å². The van der Waals surface area contributed by atoms with Crippen LogP contribution in [0.1, 0.15) is 5.56 Å². The number of halogens is 2. The van der Waals surface area contributed by atoms with Gasteiger partial charge in [-0.15, -0.1) is 0 Å². The molecule has 0 unspecified atom stereocenters. The molecule has 0 aliphatic heterocycles. The Morgan fingerprint density at radius 3 is 2.59 bits per heavy atom. The van der Waals surface area contributed by atoms with Crippen LogP contribution in [0.25, 0.3) is 0 Å². The predicted octanol–water partition coefficient (Wildman–Crippen LogP) is 4.75. The number of aliphatic hydroxyl groups is 1. The van der Waals surface area contributed by atoms with Crippen molar-refractivity contribution in [3.63, 3.8) is 0 Å². The van der Waals surface area contributed by atoms with Crippen LogP contribution in [0.15, 0.2) is 56.7 Å². The van der Waals surface area contributed by atoms with E-state index in [1.807, 2.05) is 36.4 Å². The van der Waals surface area contributed by atoms with E-state index in [2.05, 4.69) is 15.9 Å². The van der Waals surface area contributed by atoms with Crippen molar-refractivity contribution in [1.82, 2.24) is 0 Å². The molecule has 0 fully saturated rings. The molecule has 2 rings (SSSR count). The molecule has 0 aromatic heterocycles. The van der Waals surface area contributed by atoms with Gasteiger partial charge in [-0.05, 0) is 45.8 Å². The quantitative estimate of drug-likeness (QED) is 0.877. The lowest BCUT2D eigenvalue weighted by Crippen LogP contribution is -1.87. The Morgan fingerprint density at radius 1 is 1.12 bits per heavy atom. The first kappa shape index (κ1) is 13.0. The van der Waals surface area contributed by atoms with Crippen molar-refractivity contribution in [2.24, 2.45) is 0 Å². The van der Waals surface area contributed by atoms with Gasteiger partial charge in [0, 0.05) is 19.3 Å². The van der Waals surface area contributed by atoms with Gasteiger partial charge in [0.05, 0.1) is 6.61 Å². The van der Waals surface area contributed by atoms with E-state index in [0.717, 1.165) is 19.8 Å². The van der Waals surface area contributed by atoms with Gasteiger partial charge in [-0.1, -0.05) is 41.6 Å². The van der Waals surface area contributed by atoms with Gasteiger partial charge in [-0.3, -0.25) is 0 Å². The summed E-state index contributed by atoms with van der Waals surface area (Å²) in [6, 6.07) is 13.5. The summed E-state index contributed by atoms with van der Waals surface area (Å²) in [5.74, 6) is 0. The lowest BCUT2D eigenvalue weighted by atomic mass is 10.2. The van der Waals surface area contributed by atoms with Crippen molar-refractivity contribution in [3.8, 4) is 0 Å². The van der Waals surface area contributed by atoms with Gasteiger partial charge in [-0.2, -0.15) is 0 Å². The molecule has 0 saturated heterocycles. The lowest BCUT2D eigenvalue weighted by Gasteiger charge is -2.08. The Kier molecular flexibility index (Phi) is 4.51. The standard InChI is InChI=1S/C13H10BrClOS/c14-11-3-1-2-4-12(11)17-13-7-10(15)6-5-9(13)8-16/h1-7,16H,8H2. The summed E-state index contributed by atoms with van der Waals surface area (Å²) in [6.45, 7) is 0.0178. The molecule has 0 heterocycles. The lowest BCUT2D eigenvalue weighted by molar-refractivity contribution is 0.279. The molecule has 0 aliphatic rings. The van der Waals surface area contributed by atoms with Crippen LogP contribution in [-0.2, 0) is 6.61 Å². The van der Waals surface area contributed by atoms with E-state index in [1.54, 1.807) is 17.8 Å². The van der Waals surface area contributed by atoms with E-state index in [9.17, 15) is 5.11 Å². The van der Waals surface area contributed by atoms with E-state index in [1.165, 1.54) is 0 Å². The molecule has 0 atom stereocenters. The summed E-state index contributed by atoms with van der Waals surface area (Å²) >= 11 is 11.1. The van der Waals surface area contributed by atoms with Gasteiger partial charge >= 0.3 is 0 Å². The molecular formula is C13H10BrClOS. The van der Waals surface area contributed by atoms with Gasteiger partial charge in [0.2, 0.25) is 0 Å². The van der Waals surface area contributed by atoms with E-state index < -0.39 is 0 Å². The summed E-state index contributed by atoms with van der Waals surface area (Å²) in [6.07, 6.45) is 0. The Morgan fingerprint density at radius 2 is 1.88 bits per heavy atom. The molecule has 0 amide bonds. The third-order valence-electron chi connectivity index (χ3n) is 2.26. The van der Waals surface area contributed by atoms with Crippen molar-refractivity contribution in [2.75, 3.05) is 0 Å². The molecule has 0 bridgehead atoms. The summed E-state index contributed by atoms with van der Waals surface area (Å²) in [5.41, 5.74) is 0.884. The average molecular weight is 330 g/mol. The Bertz CT molecular complexity index is 531. The summed E-state index contributed by atoms with van der Waals surface area (Å²) in [7, 11) is 0. The molecule has 0 aliphatic carbocycles. The molecule has 1 nitrogen and oxygen atoms in total. The topological polar surface area (TPSA) is 20.2 Å². The fraction of sp³-hybridized carbons (Fsp3) is 0.0769. The smallest absolute Gasteiger partial charge is 0.0692 e. The van der Waals surface area contributed by atoms with Crippen LogP contribution in [0.5, 0.6) is 0 Å². The first-order valence-corrected chi connectivity index (χ1v) is 7.01. The molecule has 4 heteroatoms. The SMILES string of the molecule is OCc1ccc(Cl)cc1Sc1ccccc1Br. The minimum absolute atomic E-state index is 0.0178. The van der Waals surface area contributed by atoms with Crippen molar-refractivity contribution >= 4 is 39.3 Å². The van der Waals surface area contributed by atoms with Crippen molar-refractivity contribution in [3.05, 3.63) is 57.5 Å². The maximum absolute atomic E-state index is 9.29. The highest BCUT2D eigenvalue weighted by Crippen LogP contribution is 2.36. The first-order chi connectivity index (χ1) is 8.20. The Balaban J connectivity index is 2.35. The van der Waals surface area contributed by atoms with Gasteiger partial charge in [0.25, 0.3) is 0 Å². The fourth-order valence-corrected chi connectivity index (χ4v) is 3.16. The van der Waals surface area contributed by atoms with Crippen LogP contribution in [0.2, 0.25) is 5.02 Å². The molecule has 17 heavy (non-hydrogen) atoms. The zero-order valence-electron chi connectivity index (χ0n) is 8.86. The number of rotatable bonds is 3. The maximum atomic E-state index is 9.29. The largest absolute Gasteiger partial charge is 0.392 e. The molecule has 0 radical (unpaired) electrons. The Labute approximate surface area is 118 Å². The zero-order chi connectivity index (χ0) is 12.3. The van der Waals surface area contributed by atoms with Crippen LogP contribution in [0.3, 0.4) is 0 Å². The van der Waals surface area contributed by atoms with E-state index in [-0.39, 0.29) is 6.61 Å². The van der Waals surface area contributed by atoms with E-state index >= 15 is 0 Å². The second-order valence-corrected chi connectivity index (χ2v) is 5.82. The second kappa shape index (κ2) is 5.91. The van der Waals surface area contributed by atoms with Crippen molar-refractivity contribution in [1.29, 1.82) is 0 Å². The van der Waals surface area contributed by atoms with Crippen LogP contribution in [-0.4, -0.2) is 5.11 Å². The minimum atomic E-state index is 0.0178. The maximum Gasteiger partial charge on any atom is 0.0692 e. The fourth-order valence-electron chi connectivity index (χ4n) is 1.40. The van der Waals surface area contributed by atoms with E-state index in [4.69, 9.17) is 11.6 Å². The van der Waals surface area contributed by atoms with Gasteiger partial charge in [-0.25, -0.2) is 0 Å². The highest BCUT2D eigenvalue weighted by Gasteiger charge is 2.07. The van der Waals surface area contributed by atoms with Gasteiger partial charge in [0.1, 0.15) is 0 Å². The Hall–Kier alpha value is -0.480. The molecule has 2 aromatic carbocycles. The van der Waals surface area contributed by atoms with Crippen LogP contribution >= 0.6 is 39.3 Å².